The molecule has 9 nitrogen and oxygen atoms in total. The van der Waals surface area contributed by atoms with Gasteiger partial charge in [0.1, 0.15) is 0 Å². The van der Waals surface area contributed by atoms with Gasteiger partial charge in [-0.05, 0) is 37.5 Å². The predicted molar refractivity (Wildman–Crippen MR) is 142 cm³/mol. The quantitative estimate of drug-likeness (QED) is 0.320. The van der Waals surface area contributed by atoms with Crippen molar-refractivity contribution in [3.63, 3.8) is 0 Å². The molecule has 0 bridgehead atoms. The summed E-state index contributed by atoms with van der Waals surface area (Å²) in [4.78, 5) is 31.5. The highest BCUT2D eigenvalue weighted by Gasteiger charge is 2.18. The molecule has 0 spiro atoms. The zero-order chi connectivity index (χ0) is 24.6. The molecule has 0 radical (unpaired) electrons. The monoisotopic (exact) mass is 480 g/mol. The van der Waals surface area contributed by atoms with Crippen LogP contribution in [0.3, 0.4) is 0 Å². The molecule has 0 aliphatic carbocycles. The number of hydrogen-bond acceptors (Lipinski definition) is 6. The van der Waals surface area contributed by atoms with Gasteiger partial charge < -0.3 is 15.2 Å². The molecule has 5 aromatic rings. The van der Waals surface area contributed by atoms with Crippen LogP contribution in [0.1, 0.15) is 33.1 Å². The molecule has 3 N–H and O–H groups in total. The van der Waals surface area contributed by atoms with Crippen LogP contribution in [0.2, 0.25) is 0 Å². The van der Waals surface area contributed by atoms with E-state index in [-0.39, 0.29) is 11.8 Å². The number of anilines is 2. The summed E-state index contributed by atoms with van der Waals surface area (Å²) in [6.45, 7) is 5.85. The maximum absolute atomic E-state index is 12.1. The summed E-state index contributed by atoms with van der Waals surface area (Å²) >= 11 is 0. The van der Waals surface area contributed by atoms with Crippen LogP contribution in [0, 0.1) is 5.92 Å². The first-order valence-corrected chi connectivity index (χ1v) is 12.4. The number of aromatic amines is 2. The van der Waals surface area contributed by atoms with Crippen molar-refractivity contribution in [3.8, 4) is 22.5 Å². The van der Waals surface area contributed by atoms with E-state index in [4.69, 9.17) is 0 Å². The molecule has 182 valence electrons. The van der Waals surface area contributed by atoms with Crippen LogP contribution in [-0.2, 0) is 4.79 Å². The maximum Gasteiger partial charge on any atom is 0.226 e. The lowest BCUT2D eigenvalue weighted by molar-refractivity contribution is -0.118. The first kappa shape index (κ1) is 22.2. The van der Waals surface area contributed by atoms with E-state index in [9.17, 15) is 4.79 Å². The van der Waals surface area contributed by atoms with Gasteiger partial charge in [0, 0.05) is 53.3 Å². The summed E-state index contributed by atoms with van der Waals surface area (Å²) in [6.07, 6.45) is 12.8. The van der Waals surface area contributed by atoms with Gasteiger partial charge in [-0.15, -0.1) is 0 Å². The summed E-state index contributed by atoms with van der Waals surface area (Å²) < 4.78 is 0. The van der Waals surface area contributed by atoms with Gasteiger partial charge in [0.2, 0.25) is 5.91 Å². The van der Waals surface area contributed by atoms with Crippen molar-refractivity contribution < 1.29 is 4.79 Å². The molecule has 6 rings (SSSR count). The fraction of sp³-hybridized carbons (Fsp3) is 0.296. The molecule has 1 amide bonds. The molecule has 36 heavy (non-hydrogen) atoms. The lowest BCUT2D eigenvalue weighted by atomic mass is 10.1. The topological polar surface area (TPSA) is 115 Å². The maximum atomic E-state index is 12.1. The summed E-state index contributed by atoms with van der Waals surface area (Å²) in [5, 5.41) is 12.6. The molecule has 0 saturated carbocycles. The highest BCUT2D eigenvalue weighted by molar-refractivity contribution is 5.99. The molecule has 0 aromatic carbocycles. The molecule has 1 saturated heterocycles. The Morgan fingerprint density at radius 1 is 0.944 bits per heavy atom. The fourth-order valence-corrected chi connectivity index (χ4v) is 4.77. The number of carbonyl (C=O) groups is 1. The zero-order valence-electron chi connectivity index (χ0n) is 20.4. The lowest BCUT2D eigenvalue weighted by Crippen LogP contribution is -2.29. The van der Waals surface area contributed by atoms with Crippen molar-refractivity contribution in [1.82, 2.24) is 30.1 Å². The highest BCUT2D eigenvalue weighted by atomic mass is 16.1. The Hall–Kier alpha value is -4.27. The second-order valence-electron chi connectivity index (χ2n) is 9.65. The van der Waals surface area contributed by atoms with Crippen LogP contribution in [0.5, 0.6) is 0 Å². The number of hydrogen-bond donors (Lipinski definition) is 3. The highest BCUT2D eigenvalue weighted by Crippen LogP contribution is 2.34. The molecule has 0 atom stereocenters. The van der Waals surface area contributed by atoms with E-state index in [1.54, 1.807) is 18.6 Å². The Kier molecular flexibility index (Phi) is 5.59. The summed E-state index contributed by atoms with van der Waals surface area (Å²) in [5.41, 5.74) is 7.04. The van der Waals surface area contributed by atoms with Crippen LogP contribution >= 0.6 is 0 Å². The summed E-state index contributed by atoms with van der Waals surface area (Å²) in [5.74, 6) is -0.154. The zero-order valence-corrected chi connectivity index (χ0v) is 20.4. The van der Waals surface area contributed by atoms with Crippen LogP contribution in [-0.4, -0.2) is 49.1 Å². The number of fused-ring (bicyclic) bond motifs is 2. The Labute approximate surface area is 208 Å². The van der Waals surface area contributed by atoms with E-state index in [2.05, 4.69) is 52.5 Å². The normalized spacial score (nSPS) is 14.1. The first-order valence-electron chi connectivity index (χ1n) is 12.4. The minimum atomic E-state index is -0.109. The van der Waals surface area contributed by atoms with Crippen LogP contribution in [0.15, 0.2) is 49.2 Å². The van der Waals surface area contributed by atoms with Gasteiger partial charge in [-0.25, -0.2) is 4.98 Å². The average Bonchev–Trinajstić information content (AvgIpc) is 3.53. The van der Waals surface area contributed by atoms with Gasteiger partial charge >= 0.3 is 0 Å². The van der Waals surface area contributed by atoms with E-state index in [0.29, 0.717) is 11.3 Å². The van der Waals surface area contributed by atoms with Gasteiger partial charge in [-0.2, -0.15) is 5.10 Å². The Balaban J connectivity index is 1.38. The number of aromatic nitrogens is 6. The van der Waals surface area contributed by atoms with E-state index < -0.39 is 0 Å². The molecular weight excluding hydrogens is 452 g/mol. The molecule has 1 fully saturated rings. The summed E-state index contributed by atoms with van der Waals surface area (Å²) in [6, 6.07) is 6.14. The summed E-state index contributed by atoms with van der Waals surface area (Å²) in [7, 11) is 0. The van der Waals surface area contributed by atoms with Gasteiger partial charge in [-0.3, -0.25) is 19.9 Å². The number of nitrogens with zero attached hydrogens (tertiary/aromatic N) is 5. The van der Waals surface area contributed by atoms with Crippen molar-refractivity contribution in [2.45, 2.75) is 33.1 Å². The number of amides is 1. The first-order chi connectivity index (χ1) is 17.6. The fourth-order valence-electron chi connectivity index (χ4n) is 4.77. The predicted octanol–water partition coefficient (Wildman–Crippen LogP) is 5.15. The number of nitrogens with one attached hydrogen (secondary N) is 3. The van der Waals surface area contributed by atoms with E-state index >= 15 is 0 Å². The second-order valence-corrected chi connectivity index (χ2v) is 9.65. The SMILES string of the molecule is CC(C)C(=O)Nc1cncc(-c2cnc3n[nH]c(-c4cc5c(N6CCCCC6)cncc5[nH]4)c3c2)c1. The largest absolute Gasteiger partial charge is 0.370 e. The molecule has 6 heterocycles. The minimum Gasteiger partial charge on any atom is -0.370 e. The third-order valence-electron chi connectivity index (χ3n) is 6.76. The van der Waals surface area contributed by atoms with Crippen molar-refractivity contribution in [2.75, 3.05) is 23.3 Å². The second kappa shape index (κ2) is 9.07. The van der Waals surface area contributed by atoms with Gasteiger partial charge in [0.05, 0.1) is 46.9 Å². The Bertz CT molecular complexity index is 1560. The molecule has 9 heteroatoms. The van der Waals surface area contributed by atoms with Crippen molar-refractivity contribution in [3.05, 3.63) is 49.2 Å². The minimum absolute atomic E-state index is 0.0446. The smallest absolute Gasteiger partial charge is 0.226 e. The number of H-pyrrole nitrogens is 2. The number of carbonyl (C=O) groups excluding carboxylic acids is 1. The lowest BCUT2D eigenvalue weighted by Gasteiger charge is -2.28. The molecule has 1 aliphatic rings. The molecule has 0 unspecified atom stereocenters. The van der Waals surface area contributed by atoms with E-state index in [0.717, 1.165) is 51.9 Å². The third kappa shape index (κ3) is 4.06. The van der Waals surface area contributed by atoms with E-state index in [1.165, 1.54) is 24.9 Å². The standard InChI is InChI=1S/C27H28N8O/c1-16(2)27(36)31-19-8-17(11-28-13-19)18-9-21-25(33-34-26(21)30-12-18)22-10-20-23(32-22)14-29-15-24(20)35-6-4-3-5-7-35/h8-16,32H,3-7H2,1-2H3,(H,31,36)(H,30,33,34). The molecular formula is C27H28N8O. The van der Waals surface area contributed by atoms with Crippen molar-refractivity contribution in [1.29, 1.82) is 0 Å². The molecule has 5 aromatic heterocycles. The van der Waals surface area contributed by atoms with Gasteiger partial charge in [0.15, 0.2) is 5.65 Å². The number of pyridine rings is 3. The number of rotatable bonds is 5. The Morgan fingerprint density at radius 2 is 1.75 bits per heavy atom. The van der Waals surface area contributed by atoms with Crippen LogP contribution in [0.4, 0.5) is 11.4 Å². The van der Waals surface area contributed by atoms with Gasteiger partial charge in [0.25, 0.3) is 0 Å². The van der Waals surface area contributed by atoms with Crippen molar-refractivity contribution >= 4 is 39.2 Å². The average molecular weight is 481 g/mol. The van der Waals surface area contributed by atoms with Gasteiger partial charge in [-0.1, -0.05) is 13.8 Å². The van der Waals surface area contributed by atoms with Crippen LogP contribution < -0.4 is 10.2 Å². The van der Waals surface area contributed by atoms with Crippen LogP contribution in [0.25, 0.3) is 44.5 Å². The van der Waals surface area contributed by atoms with E-state index in [1.807, 2.05) is 32.3 Å². The number of piperidine rings is 1. The van der Waals surface area contributed by atoms with Crippen molar-refractivity contribution in [2.24, 2.45) is 5.92 Å². The Morgan fingerprint density at radius 3 is 2.58 bits per heavy atom. The third-order valence-corrected chi connectivity index (χ3v) is 6.76. The molecule has 1 aliphatic heterocycles.